The highest BCUT2D eigenvalue weighted by molar-refractivity contribution is 5.89. The molecule has 2 unspecified atom stereocenters. The molecule has 194 valence electrons. The monoisotopic (exact) mass is 489 g/mol. The van der Waals surface area contributed by atoms with Gasteiger partial charge in [0.1, 0.15) is 23.5 Å². The molecule has 0 aliphatic rings. The summed E-state index contributed by atoms with van der Waals surface area (Å²) in [6.07, 6.45) is 0.338. The molecule has 2 atom stereocenters. The summed E-state index contributed by atoms with van der Waals surface area (Å²) in [7, 11) is 1.89. The number of hydrogen-bond donors (Lipinski definition) is 3. The van der Waals surface area contributed by atoms with Gasteiger partial charge in [0.2, 0.25) is 5.91 Å². The Morgan fingerprint density at radius 2 is 1.83 bits per heavy atom. The van der Waals surface area contributed by atoms with Crippen molar-refractivity contribution >= 4 is 34.7 Å². The molecule has 35 heavy (non-hydrogen) atoms. The van der Waals surface area contributed by atoms with E-state index in [4.69, 9.17) is 15.2 Å². The molecule has 0 spiro atoms. The number of ether oxygens (including phenoxy) is 2. The lowest BCUT2D eigenvalue weighted by molar-refractivity contribution is -0.148. The van der Waals surface area contributed by atoms with E-state index < -0.39 is 35.7 Å². The smallest absolute Gasteiger partial charge is 0.408 e. The van der Waals surface area contributed by atoms with Gasteiger partial charge in [-0.2, -0.15) is 0 Å². The molecule has 0 saturated heterocycles. The third-order valence-electron chi connectivity index (χ3n) is 5.26. The molecule has 1 aromatic carbocycles. The Hall–Kier alpha value is -3.30. The maximum absolute atomic E-state index is 13.2. The van der Waals surface area contributed by atoms with Crippen LogP contribution in [0.2, 0.25) is 0 Å². The fourth-order valence-corrected chi connectivity index (χ4v) is 3.68. The van der Waals surface area contributed by atoms with Crippen molar-refractivity contribution in [3.8, 4) is 0 Å². The van der Waals surface area contributed by atoms with Gasteiger partial charge in [-0.25, -0.2) is 14.6 Å². The van der Waals surface area contributed by atoms with E-state index in [0.29, 0.717) is 18.5 Å². The Bertz CT molecular complexity index is 1040. The van der Waals surface area contributed by atoms with Crippen LogP contribution in [0.4, 0.5) is 10.5 Å². The highest BCUT2D eigenvalue weighted by Crippen LogP contribution is 2.19. The van der Waals surface area contributed by atoms with Crippen LogP contribution in [-0.2, 0) is 32.5 Å². The Labute approximate surface area is 206 Å². The number of hydrogen-bond acceptors (Lipinski definition) is 7. The second-order valence-corrected chi connectivity index (χ2v) is 10.0. The number of benzene rings is 1. The number of esters is 1. The summed E-state index contributed by atoms with van der Waals surface area (Å²) in [6.45, 7) is 11.1. The van der Waals surface area contributed by atoms with Crippen molar-refractivity contribution in [2.75, 3.05) is 12.3 Å². The van der Waals surface area contributed by atoms with E-state index in [1.165, 1.54) is 0 Å². The first-order valence-electron chi connectivity index (χ1n) is 12.0. The van der Waals surface area contributed by atoms with Crippen molar-refractivity contribution in [3.63, 3.8) is 0 Å². The molecular weight excluding hydrogens is 450 g/mol. The van der Waals surface area contributed by atoms with E-state index in [0.717, 1.165) is 16.9 Å². The molecule has 1 heterocycles. The van der Waals surface area contributed by atoms with E-state index in [-0.39, 0.29) is 18.9 Å². The Balaban J connectivity index is 2.23. The fraction of sp³-hybridized carbons (Fsp3) is 0.600. The number of nitrogens with zero attached hydrogens (tertiary/aromatic N) is 2. The maximum Gasteiger partial charge on any atom is 0.408 e. The van der Waals surface area contributed by atoms with Crippen LogP contribution in [0, 0.1) is 5.92 Å². The summed E-state index contributed by atoms with van der Waals surface area (Å²) in [4.78, 5) is 42.8. The molecule has 0 fully saturated rings. The average Bonchev–Trinajstić information content (AvgIpc) is 3.03. The summed E-state index contributed by atoms with van der Waals surface area (Å²) in [5.41, 5.74) is 7.42. The molecule has 1 aromatic heterocycles. The molecule has 10 nitrogen and oxygen atoms in total. The second kappa shape index (κ2) is 11.9. The van der Waals surface area contributed by atoms with Crippen LogP contribution >= 0.6 is 0 Å². The first-order valence-corrected chi connectivity index (χ1v) is 12.0. The minimum atomic E-state index is -0.946. The number of carbonyl (C=O) groups excluding carboxylic acids is 3. The zero-order chi connectivity index (χ0) is 26.3. The number of nitrogens with one attached hydrogen (secondary N) is 2. The minimum Gasteiger partial charge on any atom is -0.464 e. The van der Waals surface area contributed by atoms with Crippen molar-refractivity contribution in [1.82, 2.24) is 20.2 Å². The van der Waals surface area contributed by atoms with Crippen LogP contribution in [0.1, 0.15) is 60.2 Å². The topological polar surface area (TPSA) is 138 Å². The highest BCUT2D eigenvalue weighted by atomic mass is 16.6. The molecule has 0 radical (unpaired) electrons. The van der Waals surface area contributed by atoms with Gasteiger partial charge in [0.15, 0.2) is 0 Å². The standard InChI is InChI=1S/C25H39N5O5/c1-8-34-23(32)19(13-15(2)3)28-22(31)17(29-24(33)35-25(4,5)6)10-12-21-27-18-14-16(26)9-11-20(18)30(21)7/h9,11,14-15,17,19H,8,10,12-13,26H2,1-7H3,(H,28,31)(H,29,33). The normalized spacial score (nSPS) is 13.4. The lowest BCUT2D eigenvalue weighted by Crippen LogP contribution is -2.53. The summed E-state index contributed by atoms with van der Waals surface area (Å²) in [6, 6.07) is 3.72. The predicted molar refractivity (Wildman–Crippen MR) is 135 cm³/mol. The number of rotatable bonds is 10. The molecule has 0 aliphatic carbocycles. The van der Waals surface area contributed by atoms with Gasteiger partial charge in [-0.1, -0.05) is 13.8 Å². The number of nitrogens with two attached hydrogens (primary N) is 1. The van der Waals surface area contributed by atoms with Crippen LogP contribution in [0.5, 0.6) is 0 Å². The number of imidazole rings is 1. The number of aryl methyl sites for hydroxylation is 2. The van der Waals surface area contributed by atoms with Gasteiger partial charge < -0.3 is 30.4 Å². The first kappa shape index (κ1) is 27.9. The Morgan fingerprint density at radius 1 is 1.14 bits per heavy atom. The van der Waals surface area contributed by atoms with E-state index in [9.17, 15) is 14.4 Å². The van der Waals surface area contributed by atoms with Crippen LogP contribution in [0.25, 0.3) is 11.0 Å². The zero-order valence-corrected chi connectivity index (χ0v) is 21.8. The third kappa shape index (κ3) is 8.45. The lowest BCUT2D eigenvalue weighted by atomic mass is 10.0. The predicted octanol–water partition coefficient (Wildman–Crippen LogP) is 3.08. The van der Waals surface area contributed by atoms with Crippen LogP contribution < -0.4 is 16.4 Å². The van der Waals surface area contributed by atoms with Gasteiger partial charge in [0.25, 0.3) is 0 Å². The van der Waals surface area contributed by atoms with Gasteiger partial charge in [-0.3, -0.25) is 4.79 Å². The van der Waals surface area contributed by atoms with Gasteiger partial charge >= 0.3 is 12.1 Å². The average molecular weight is 490 g/mol. The summed E-state index contributed by atoms with van der Waals surface area (Å²) >= 11 is 0. The fourth-order valence-electron chi connectivity index (χ4n) is 3.68. The van der Waals surface area contributed by atoms with E-state index in [2.05, 4.69) is 15.6 Å². The van der Waals surface area contributed by atoms with Crippen LogP contribution in [0.15, 0.2) is 18.2 Å². The number of carbonyl (C=O) groups is 3. The Morgan fingerprint density at radius 3 is 2.43 bits per heavy atom. The van der Waals surface area contributed by atoms with Crippen molar-refractivity contribution in [2.45, 2.75) is 78.5 Å². The molecule has 2 rings (SSSR count). The van der Waals surface area contributed by atoms with Crippen molar-refractivity contribution < 1.29 is 23.9 Å². The SMILES string of the molecule is CCOC(=O)C(CC(C)C)NC(=O)C(CCc1nc2cc(N)ccc2n1C)NC(=O)OC(C)(C)C. The van der Waals surface area contributed by atoms with Crippen molar-refractivity contribution in [3.05, 3.63) is 24.0 Å². The number of anilines is 1. The number of fused-ring (bicyclic) bond motifs is 1. The molecule has 10 heteroatoms. The number of amides is 2. The highest BCUT2D eigenvalue weighted by Gasteiger charge is 2.29. The first-order chi connectivity index (χ1) is 16.3. The molecule has 2 aromatic rings. The van der Waals surface area contributed by atoms with Crippen molar-refractivity contribution in [2.24, 2.45) is 13.0 Å². The second-order valence-electron chi connectivity index (χ2n) is 10.0. The van der Waals surface area contributed by atoms with Crippen LogP contribution in [0.3, 0.4) is 0 Å². The zero-order valence-electron chi connectivity index (χ0n) is 21.8. The molecular formula is C25H39N5O5. The van der Waals surface area contributed by atoms with E-state index >= 15 is 0 Å². The third-order valence-corrected chi connectivity index (χ3v) is 5.26. The summed E-state index contributed by atoms with van der Waals surface area (Å²) in [5.74, 6) is -0.107. The largest absolute Gasteiger partial charge is 0.464 e. The lowest BCUT2D eigenvalue weighted by Gasteiger charge is -2.25. The maximum atomic E-state index is 13.2. The molecule has 0 bridgehead atoms. The van der Waals surface area contributed by atoms with Gasteiger partial charge in [0, 0.05) is 19.2 Å². The number of nitrogen functional groups attached to an aromatic ring is 1. The van der Waals surface area contributed by atoms with Gasteiger partial charge in [0.05, 0.1) is 17.6 Å². The Kier molecular flexibility index (Phi) is 9.50. The number of alkyl carbamates (subject to hydrolysis) is 1. The van der Waals surface area contributed by atoms with Crippen molar-refractivity contribution in [1.29, 1.82) is 0 Å². The molecule has 4 N–H and O–H groups in total. The van der Waals surface area contributed by atoms with E-state index in [1.54, 1.807) is 39.8 Å². The quantitative estimate of drug-likeness (QED) is 0.344. The van der Waals surface area contributed by atoms with Gasteiger partial charge in [-0.15, -0.1) is 0 Å². The van der Waals surface area contributed by atoms with Crippen LogP contribution in [-0.4, -0.2) is 51.8 Å². The minimum absolute atomic E-state index is 0.148. The molecule has 2 amide bonds. The summed E-state index contributed by atoms with van der Waals surface area (Å²) < 4.78 is 12.4. The molecule has 0 aliphatic heterocycles. The van der Waals surface area contributed by atoms with Gasteiger partial charge in [-0.05, 0) is 64.7 Å². The van der Waals surface area contributed by atoms with E-state index in [1.807, 2.05) is 31.5 Å². The summed E-state index contributed by atoms with van der Waals surface area (Å²) in [5, 5.41) is 5.41. The number of aromatic nitrogens is 2. The molecule has 0 saturated carbocycles.